The molecular formula is C26H27I. The second-order valence-corrected chi connectivity index (χ2v) is 9.65. The van der Waals surface area contributed by atoms with Crippen LogP contribution in [0.5, 0.6) is 0 Å². The molecule has 0 spiro atoms. The van der Waals surface area contributed by atoms with Crippen LogP contribution in [-0.4, -0.2) is 0 Å². The Morgan fingerprint density at radius 3 is 2.67 bits per heavy atom. The molecular weight excluding hydrogens is 439 g/mol. The first-order chi connectivity index (χ1) is 12.9. The van der Waals surface area contributed by atoms with Crippen LogP contribution in [0.15, 0.2) is 71.8 Å². The van der Waals surface area contributed by atoms with Crippen LogP contribution in [0.3, 0.4) is 0 Å². The van der Waals surface area contributed by atoms with E-state index < -0.39 is 0 Å². The van der Waals surface area contributed by atoms with Crippen molar-refractivity contribution in [3.8, 4) is 0 Å². The zero-order valence-electron chi connectivity index (χ0n) is 16.5. The van der Waals surface area contributed by atoms with Crippen molar-refractivity contribution in [1.29, 1.82) is 0 Å². The molecule has 2 aromatic rings. The molecule has 0 radical (unpaired) electrons. The standard InChI is InChI=1S/C26H27I/c1-17-7-5-6-8-19(17)10-9-18(2)20-11-13-22-23-14-12-21(27)16-25(23)26(3,4)24(22)15-20/h5-8,12,14-16H,2,9-11,13H2,1,3-4H3. The van der Waals surface area contributed by atoms with Crippen LogP contribution in [0.4, 0.5) is 0 Å². The summed E-state index contributed by atoms with van der Waals surface area (Å²) in [6.45, 7) is 11.4. The van der Waals surface area contributed by atoms with Crippen molar-refractivity contribution in [1.82, 2.24) is 0 Å². The third-order valence-electron chi connectivity index (χ3n) is 6.35. The largest absolute Gasteiger partial charge is 0.0955 e. The highest BCUT2D eigenvalue weighted by Gasteiger charge is 2.38. The van der Waals surface area contributed by atoms with E-state index in [0.717, 1.165) is 25.7 Å². The second kappa shape index (κ2) is 7.09. The van der Waals surface area contributed by atoms with E-state index in [4.69, 9.17) is 0 Å². The van der Waals surface area contributed by atoms with Gasteiger partial charge in [-0.2, -0.15) is 0 Å². The van der Waals surface area contributed by atoms with Crippen molar-refractivity contribution in [2.75, 3.05) is 0 Å². The van der Waals surface area contributed by atoms with Crippen molar-refractivity contribution in [2.24, 2.45) is 0 Å². The van der Waals surface area contributed by atoms with Crippen LogP contribution >= 0.6 is 22.6 Å². The van der Waals surface area contributed by atoms with Gasteiger partial charge in [-0.05, 0) is 106 Å². The number of benzene rings is 2. The molecule has 0 heterocycles. The maximum Gasteiger partial charge on any atom is 0.0156 e. The highest BCUT2D eigenvalue weighted by molar-refractivity contribution is 14.1. The predicted molar refractivity (Wildman–Crippen MR) is 125 cm³/mol. The van der Waals surface area contributed by atoms with E-state index in [2.05, 4.69) is 98.5 Å². The van der Waals surface area contributed by atoms with E-state index in [-0.39, 0.29) is 5.41 Å². The van der Waals surface area contributed by atoms with Crippen molar-refractivity contribution in [3.05, 3.63) is 97.7 Å². The lowest BCUT2D eigenvalue weighted by molar-refractivity contribution is 0.649. The predicted octanol–water partition coefficient (Wildman–Crippen LogP) is 7.55. The van der Waals surface area contributed by atoms with Crippen molar-refractivity contribution in [3.63, 3.8) is 0 Å². The van der Waals surface area contributed by atoms with Gasteiger partial charge in [-0.15, -0.1) is 0 Å². The van der Waals surface area contributed by atoms with Gasteiger partial charge in [0.05, 0.1) is 0 Å². The van der Waals surface area contributed by atoms with Crippen molar-refractivity contribution in [2.45, 2.75) is 51.9 Å². The number of allylic oxidation sites excluding steroid dienone is 5. The molecule has 2 aliphatic carbocycles. The molecule has 138 valence electrons. The summed E-state index contributed by atoms with van der Waals surface area (Å²) >= 11 is 2.43. The maximum atomic E-state index is 4.46. The van der Waals surface area contributed by atoms with E-state index >= 15 is 0 Å². The third kappa shape index (κ3) is 3.35. The van der Waals surface area contributed by atoms with Gasteiger partial charge in [-0.3, -0.25) is 0 Å². The molecule has 0 bridgehead atoms. The van der Waals surface area contributed by atoms with Gasteiger partial charge in [0.15, 0.2) is 0 Å². The molecule has 1 heteroatoms. The normalized spacial score (nSPS) is 17.4. The van der Waals surface area contributed by atoms with Gasteiger partial charge in [0.25, 0.3) is 0 Å². The van der Waals surface area contributed by atoms with Crippen LogP contribution < -0.4 is 0 Å². The average Bonchev–Trinajstić information content (AvgIpc) is 2.87. The lowest BCUT2D eigenvalue weighted by atomic mass is 9.78. The SMILES string of the molecule is C=C(CCc1ccccc1C)C1=CC2=C(CC1)c1ccc(I)cc1C2(C)C. The van der Waals surface area contributed by atoms with Gasteiger partial charge in [-0.25, -0.2) is 0 Å². The molecule has 0 aliphatic heterocycles. The molecule has 2 aromatic carbocycles. The Kier molecular flexibility index (Phi) is 4.92. The highest BCUT2D eigenvalue weighted by atomic mass is 127. The van der Waals surface area contributed by atoms with E-state index in [1.165, 1.54) is 42.5 Å². The van der Waals surface area contributed by atoms with Gasteiger partial charge in [0, 0.05) is 8.99 Å². The highest BCUT2D eigenvalue weighted by Crippen LogP contribution is 2.51. The van der Waals surface area contributed by atoms with Crippen molar-refractivity contribution >= 4 is 28.2 Å². The van der Waals surface area contributed by atoms with Gasteiger partial charge in [-0.1, -0.05) is 62.4 Å². The fourth-order valence-corrected chi connectivity index (χ4v) is 5.11. The minimum Gasteiger partial charge on any atom is -0.0955 e. The Morgan fingerprint density at radius 1 is 1.11 bits per heavy atom. The lowest BCUT2D eigenvalue weighted by Gasteiger charge is -2.26. The van der Waals surface area contributed by atoms with Gasteiger partial charge in [0.2, 0.25) is 0 Å². The zero-order valence-corrected chi connectivity index (χ0v) is 18.7. The number of rotatable bonds is 4. The maximum absolute atomic E-state index is 4.46. The Hall–Kier alpha value is -1.61. The topological polar surface area (TPSA) is 0 Å². The Morgan fingerprint density at radius 2 is 1.89 bits per heavy atom. The first-order valence-corrected chi connectivity index (χ1v) is 10.9. The monoisotopic (exact) mass is 466 g/mol. The van der Waals surface area contributed by atoms with Gasteiger partial charge < -0.3 is 0 Å². The Bertz CT molecular complexity index is 985. The minimum atomic E-state index is 0.0911. The van der Waals surface area contributed by atoms with Gasteiger partial charge in [0.1, 0.15) is 0 Å². The summed E-state index contributed by atoms with van der Waals surface area (Å²) < 4.78 is 1.33. The van der Waals surface area contributed by atoms with E-state index in [1.54, 1.807) is 5.57 Å². The zero-order chi connectivity index (χ0) is 19.2. The number of fused-ring (bicyclic) bond motifs is 2. The second-order valence-electron chi connectivity index (χ2n) is 8.41. The third-order valence-corrected chi connectivity index (χ3v) is 7.02. The smallest absolute Gasteiger partial charge is 0.0156 e. The van der Waals surface area contributed by atoms with E-state index in [0.29, 0.717) is 0 Å². The summed E-state index contributed by atoms with van der Waals surface area (Å²) in [6, 6.07) is 15.6. The summed E-state index contributed by atoms with van der Waals surface area (Å²) in [5.74, 6) is 0. The number of halogens is 1. The average molecular weight is 466 g/mol. The Labute approximate surface area is 177 Å². The molecule has 0 N–H and O–H groups in total. The van der Waals surface area contributed by atoms with Crippen LogP contribution in [0, 0.1) is 10.5 Å². The van der Waals surface area contributed by atoms with Crippen LogP contribution in [0.1, 0.15) is 55.4 Å². The molecule has 2 aliphatic rings. The van der Waals surface area contributed by atoms with Crippen LogP contribution in [0.25, 0.3) is 5.57 Å². The molecule has 27 heavy (non-hydrogen) atoms. The summed E-state index contributed by atoms with van der Waals surface area (Å²) in [6.07, 6.45) is 6.85. The summed E-state index contributed by atoms with van der Waals surface area (Å²) in [5, 5.41) is 0. The van der Waals surface area contributed by atoms with Gasteiger partial charge >= 0.3 is 0 Å². The first-order valence-electron chi connectivity index (χ1n) is 9.85. The lowest BCUT2D eigenvalue weighted by Crippen LogP contribution is -2.17. The summed E-state index contributed by atoms with van der Waals surface area (Å²) in [4.78, 5) is 0. The molecule has 0 nitrogen and oxygen atoms in total. The summed E-state index contributed by atoms with van der Waals surface area (Å²) in [7, 11) is 0. The number of aryl methyl sites for hydroxylation is 2. The number of hydrogen-bond donors (Lipinski definition) is 0. The molecule has 0 fully saturated rings. The molecule has 0 saturated heterocycles. The minimum absolute atomic E-state index is 0.0911. The van der Waals surface area contributed by atoms with Crippen molar-refractivity contribution < 1.29 is 0 Å². The van der Waals surface area contributed by atoms with E-state index in [9.17, 15) is 0 Å². The van der Waals surface area contributed by atoms with E-state index in [1.807, 2.05) is 0 Å². The molecule has 0 saturated carbocycles. The van der Waals surface area contributed by atoms with Crippen LogP contribution in [-0.2, 0) is 11.8 Å². The molecule has 0 unspecified atom stereocenters. The summed E-state index contributed by atoms with van der Waals surface area (Å²) in [5.41, 5.74) is 11.7. The fourth-order valence-electron chi connectivity index (χ4n) is 4.62. The molecule has 0 atom stereocenters. The quantitative estimate of drug-likeness (QED) is 0.408. The molecule has 0 aromatic heterocycles. The number of hydrogen-bond acceptors (Lipinski definition) is 0. The molecule has 4 rings (SSSR count). The van der Waals surface area contributed by atoms with Crippen LogP contribution in [0.2, 0.25) is 0 Å². The first kappa shape index (κ1) is 18.7. The Balaban J connectivity index is 1.58. The fraction of sp³-hybridized carbons (Fsp3) is 0.308. The molecule has 0 amide bonds.